The highest BCUT2D eigenvalue weighted by molar-refractivity contribution is 6.08. The first kappa shape index (κ1) is 18.7. The second-order valence-corrected chi connectivity index (χ2v) is 6.54. The van der Waals surface area contributed by atoms with E-state index in [1.165, 1.54) is 18.2 Å². The van der Waals surface area contributed by atoms with Gasteiger partial charge in [-0.2, -0.15) is 13.2 Å². The standard InChI is InChI=1S/C24H15F3O2/c25-24(26,27)20-7-3-6-19(15-20)23-13-11-21(29-23)10-12-22(28)18-9-8-16-4-1-2-5-17(16)14-18/h1-15H/b12-10+. The third-order valence-corrected chi connectivity index (χ3v) is 4.53. The minimum atomic E-state index is -4.42. The Morgan fingerprint density at radius 3 is 2.41 bits per heavy atom. The van der Waals surface area contributed by atoms with E-state index in [2.05, 4.69) is 0 Å². The fourth-order valence-corrected chi connectivity index (χ4v) is 3.04. The van der Waals surface area contributed by atoms with Crippen LogP contribution in [0.1, 0.15) is 21.7 Å². The number of furan rings is 1. The molecule has 0 atom stereocenters. The number of hydrogen-bond acceptors (Lipinski definition) is 2. The molecule has 0 radical (unpaired) electrons. The Bertz CT molecular complexity index is 1220. The lowest BCUT2D eigenvalue weighted by Crippen LogP contribution is -2.04. The van der Waals surface area contributed by atoms with Gasteiger partial charge in [-0.15, -0.1) is 0 Å². The molecule has 144 valence electrons. The van der Waals surface area contributed by atoms with Crippen molar-refractivity contribution in [3.63, 3.8) is 0 Å². The van der Waals surface area contributed by atoms with Crippen molar-refractivity contribution in [3.8, 4) is 11.3 Å². The van der Waals surface area contributed by atoms with Gasteiger partial charge in [-0.05, 0) is 53.3 Å². The van der Waals surface area contributed by atoms with Crippen molar-refractivity contribution in [2.45, 2.75) is 6.18 Å². The average molecular weight is 392 g/mol. The van der Waals surface area contributed by atoms with Crippen LogP contribution in [0, 0.1) is 0 Å². The van der Waals surface area contributed by atoms with Crippen molar-refractivity contribution in [2.75, 3.05) is 0 Å². The number of carbonyl (C=O) groups is 1. The van der Waals surface area contributed by atoms with Gasteiger partial charge in [0.15, 0.2) is 5.78 Å². The van der Waals surface area contributed by atoms with Crippen LogP contribution in [-0.4, -0.2) is 5.78 Å². The molecule has 0 aliphatic heterocycles. The second kappa shape index (κ2) is 7.43. The number of carbonyl (C=O) groups excluding carboxylic acids is 1. The molecule has 4 rings (SSSR count). The fourth-order valence-electron chi connectivity index (χ4n) is 3.04. The van der Waals surface area contributed by atoms with Gasteiger partial charge in [-0.3, -0.25) is 4.79 Å². The first-order chi connectivity index (χ1) is 13.9. The third-order valence-electron chi connectivity index (χ3n) is 4.53. The first-order valence-corrected chi connectivity index (χ1v) is 8.89. The monoisotopic (exact) mass is 392 g/mol. The summed E-state index contributed by atoms with van der Waals surface area (Å²) >= 11 is 0. The van der Waals surface area contributed by atoms with E-state index in [-0.39, 0.29) is 5.78 Å². The van der Waals surface area contributed by atoms with Gasteiger partial charge in [0.05, 0.1) is 5.56 Å². The van der Waals surface area contributed by atoms with Crippen LogP contribution in [0.15, 0.2) is 89.4 Å². The number of allylic oxidation sites excluding steroid dienone is 1. The van der Waals surface area contributed by atoms with Crippen molar-refractivity contribution in [1.29, 1.82) is 0 Å². The van der Waals surface area contributed by atoms with E-state index in [1.54, 1.807) is 24.3 Å². The summed E-state index contributed by atoms with van der Waals surface area (Å²) in [6, 6.07) is 21.3. The number of halogens is 3. The molecule has 2 nitrogen and oxygen atoms in total. The van der Waals surface area contributed by atoms with Crippen molar-refractivity contribution < 1.29 is 22.4 Å². The molecular weight excluding hydrogens is 377 g/mol. The van der Waals surface area contributed by atoms with Crippen LogP contribution in [0.5, 0.6) is 0 Å². The summed E-state index contributed by atoms with van der Waals surface area (Å²) in [7, 11) is 0. The van der Waals surface area contributed by atoms with E-state index < -0.39 is 11.7 Å². The smallest absolute Gasteiger partial charge is 0.416 e. The van der Waals surface area contributed by atoms with Crippen LogP contribution >= 0.6 is 0 Å². The van der Waals surface area contributed by atoms with E-state index in [0.717, 1.165) is 22.9 Å². The van der Waals surface area contributed by atoms with Crippen LogP contribution in [0.4, 0.5) is 13.2 Å². The summed E-state index contributed by atoms with van der Waals surface area (Å²) in [6.07, 6.45) is -1.52. The van der Waals surface area contributed by atoms with Crippen LogP contribution < -0.4 is 0 Å². The zero-order valence-electron chi connectivity index (χ0n) is 15.1. The highest BCUT2D eigenvalue weighted by Gasteiger charge is 2.30. The van der Waals surface area contributed by atoms with E-state index in [9.17, 15) is 18.0 Å². The minimum Gasteiger partial charge on any atom is -0.457 e. The minimum absolute atomic E-state index is 0.187. The predicted molar refractivity (Wildman–Crippen MR) is 106 cm³/mol. The summed E-state index contributed by atoms with van der Waals surface area (Å²) in [4.78, 5) is 12.4. The molecule has 0 aliphatic carbocycles. The van der Waals surface area contributed by atoms with E-state index >= 15 is 0 Å². The van der Waals surface area contributed by atoms with Crippen molar-refractivity contribution in [3.05, 3.63) is 102 Å². The van der Waals surface area contributed by atoms with Crippen LogP contribution in [0.3, 0.4) is 0 Å². The van der Waals surface area contributed by atoms with E-state index in [1.807, 2.05) is 36.4 Å². The number of hydrogen-bond donors (Lipinski definition) is 0. The molecular formula is C24H15F3O2. The van der Waals surface area contributed by atoms with E-state index in [4.69, 9.17) is 4.42 Å². The van der Waals surface area contributed by atoms with Gasteiger partial charge in [-0.25, -0.2) is 0 Å². The molecule has 4 aromatic rings. The average Bonchev–Trinajstić information content (AvgIpc) is 3.20. The molecule has 1 heterocycles. The lowest BCUT2D eigenvalue weighted by molar-refractivity contribution is -0.137. The maximum absolute atomic E-state index is 12.9. The SMILES string of the molecule is O=C(/C=C/c1ccc(-c2cccc(C(F)(F)F)c2)o1)c1ccc2ccccc2c1. The second-order valence-electron chi connectivity index (χ2n) is 6.54. The Morgan fingerprint density at radius 2 is 1.62 bits per heavy atom. The molecule has 0 spiro atoms. The van der Waals surface area contributed by atoms with Gasteiger partial charge in [0.1, 0.15) is 11.5 Å². The summed E-state index contributed by atoms with van der Waals surface area (Å²) in [6.45, 7) is 0. The largest absolute Gasteiger partial charge is 0.457 e. The Kier molecular flexibility index (Phi) is 4.80. The summed E-state index contributed by atoms with van der Waals surface area (Å²) in [5.41, 5.74) is 0.125. The molecule has 29 heavy (non-hydrogen) atoms. The van der Waals surface area contributed by atoms with Gasteiger partial charge >= 0.3 is 6.18 Å². The molecule has 0 bridgehead atoms. The van der Waals surface area contributed by atoms with Gasteiger partial charge in [-0.1, -0.05) is 48.5 Å². The Morgan fingerprint density at radius 1 is 0.828 bits per heavy atom. The molecule has 0 N–H and O–H groups in total. The van der Waals surface area contributed by atoms with Crippen LogP contribution in [-0.2, 0) is 6.18 Å². The normalized spacial score (nSPS) is 12.0. The zero-order chi connectivity index (χ0) is 20.4. The number of benzene rings is 3. The van der Waals surface area contributed by atoms with Crippen LogP contribution in [0.25, 0.3) is 28.2 Å². The quantitative estimate of drug-likeness (QED) is 0.276. The molecule has 0 unspecified atom stereocenters. The molecule has 0 saturated heterocycles. The highest BCUT2D eigenvalue weighted by atomic mass is 19.4. The zero-order valence-corrected chi connectivity index (χ0v) is 15.1. The first-order valence-electron chi connectivity index (χ1n) is 8.89. The van der Waals surface area contributed by atoms with Crippen LogP contribution in [0.2, 0.25) is 0 Å². The molecule has 0 aliphatic rings. The third kappa shape index (κ3) is 4.14. The Labute approximate surface area is 164 Å². The van der Waals surface area contributed by atoms with Gasteiger partial charge in [0.25, 0.3) is 0 Å². The van der Waals surface area contributed by atoms with Gasteiger partial charge in [0.2, 0.25) is 0 Å². The lowest BCUT2D eigenvalue weighted by atomic mass is 10.0. The fraction of sp³-hybridized carbons (Fsp3) is 0.0417. The summed E-state index contributed by atoms with van der Waals surface area (Å²) in [5, 5.41) is 2.02. The summed E-state index contributed by atoms with van der Waals surface area (Å²) in [5.74, 6) is 0.494. The van der Waals surface area contributed by atoms with Crippen molar-refractivity contribution in [1.82, 2.24) is 0 Å². The van der Waals surface area contributed by atoms with E-state index in [0.29, 0.717) is 22.6 Å². The number of ketones is 1. The molecule has 0 fully saturated rings. The highest BCUT2D eigenvalue weighted by Crippen LogP contribution is 2.32. The van der Waals surface area contributed by atoms with Gasteiger partial charge < -0.3 is 4.42 Å². The lowest BCUT2D eigenvalue weighted by Gasteiger charge is -2.07. The number of alkyl halides is 3. The Hall–Kier alpha value is -3.60. The molecule has 0 amide bonds. The summed E-state index contributed by atoms with van der Waals surface area (Å²) < 4.78 is 44.2. The topological polar surface area (TPSA) is 30.2 Å². The molecule has 1 aromatic heterocycles. The molecule has 0 saturated carbocycles. The van der Waals surface area contributed by atoms with Crippen molar-refractivity contribution in [2.24, 2.45) is 0 Å². The van der Waals surface area contributed by atoms with Gasteiger partial charge in [0, 0.05) is 11.1 Å². The Balaban J connectivity index is 1.54. The predicted octanol–water partition coefficient (Wildman–Crippen LogP) is 7.01. The van der Waals surface area contributed by atoms with Crippen molar-refractivity contribution >= 4 is 22.6 Å². The number of fused-ring (bicyclic) bond motifs is 1. The number of rotatable bonds is 4. The maximum atomic E-state index is 12.9. The molecule has 3 aromatic carbocycles. The molecule has 5 heteroatoms. The maximum Gasteiger partial charge on any atom is 0.416 e.